The first-order valence-electron chi connectivity index (χ1n) is 4.07. The minimum Gasteiger partial charge on any atom is -0.859 e. The average molecular weight is 199 g/mol. The average Bonchev–Trinajstić information content (AvgIpc) is 2.26. The zero-order valence-electron chi connectivity index (χ0n) is 8.04. The van der Waals surface area contributed by atoms with Crippen LogP contribution in [0.3, 0.4) is 0 Å². The van der Waals surface area contributed by atoms with Gasteiger partial charge >= 0.3 is 0 Å². The molecule has 0 radical (unpaired) electrons. The molecule has 0 aromatic carbocycles. The number of rotatable bonds is 3. The maximum absolute atomic E-state index is 13.2. The summed E-state index contributed by atoms with van der Waals surface area (Å²) in [5, 5.41) is 21.3. The van der Waals surface area contributed by atoms with Gasteiger partial charge in [-0.2, -0.15) is 5.10 Å². The molecule has 6 heteroatoms. The first-order valence-corrected chi connectivity index (χ1v) is 4.07. The number of nitrogens with one attached hydrogen (secondary N) is 1. The first kappa shape index (κ1) is 10.5. The van der Waals surface area contributed by atoms with E-state index in [-0.39, 0.29) is 17.9 Å². The Kier molecular flexibility index (Phi) is 2.46. The molecule has 1 heterocycles. The number of anilines is 1. The van der Waals surface area contributed by atoms with Crippen molar-refractivity contribution >= 4 is 11.7 Å². The molecule has 0 aliphatic carbocycles. The molecule has 0 saturated heterocycles. The highest BCUT2D eigenvalue weighted by molar-refractivity contribution is 5.92. The molecule has 0 saturated carbocycles. The Morgan fingerprint density at radius 1 is 1.79 bits per heavy atom. The van der Waals surface area contributed by atoms with E-state index in [1.165, 1.54) is 24.7 Å². The Morgan fingerprint density at radius 3 is 2.71 bits per heavy atom. The van der Waals surface area contributed by atoms with Crippen LogP contribution < -0.4 is 10.8 Å². The molecule has 1 aromatic rings. The topological polar surface area (TPSA) is 90.8 Å². The van der Waals surface area contributed by atoms with Crippen LogP contribution in [0.2, 0.25) is 0 Å². The van der Waals surface area contributed by atoms with Crippen molar-refractivity contribution < 1.29 is 9.50 Å². The molecule has 0 unspecified atom stereocenters. The van der Waals surface area contributed by atoms with E-state index in [4.69, 9.17) is 11.1 Å². The van der Waals surface area contributed by atoms with Crippen molar-refractivity contribution in [3.63, 3.8) is 0 Å². The molecule has 5 nitrogen and oxygen atoms in total. The van der Waals surface area contributed by atoms with Gasteiger partial charge in [0.2, 0.25) is 0 Å². The van der Waals surface area contributed by atoms with Gasteiger partial charge in [-0.25, -0.2) is 4.39 Å². The van der Waals surface area contributed by atoms with Gasteiger partial charge in [0.1, 0.15) is 5.67 Å². The first-order chi connectivity index (χ1) is 6.29. The van der Waals surface area contributed by atoms with E-state index in [2.05, 4.69) is 5.10 Å². The minimum absolute atomic E-state index is 0.00444. The van der Waals surface area contributed by atoms with Crippen LogP contribution >= 0.6 is 0 Å². The van der Waals surface area contributed by atoms with Crippen LogP contribution in [0.5, 0.6) is 0 Å². The zero-order chi connectivity index (χ0) is 10.9. The van der Waals surface area contributed by atoms with Crippen LogP contribution in [-0.2, 0) is 6.54 Å². The lowest BCUT2D eigenvalue weighted by Crippen LogP contribution is -2.21. The summed E-state index contributed by atoms with van der Waals surface area (Å²) in [6.07, 6.45) is 1.28. The van der Waals surface area contributed by atoms with Crippen LogP contribution in [0.15, 0.2) is 6.20 Å². The second kappa shape index (κ2) is 3.28. The maximum atomic E-state index is 13.2. The van der Waals surface area contributed by atoms with Crippen molar-refractivity contribution in [1.29, 1.82) is 5.41 Å². The van der Waals surface area contributed by atoms with Gasteiger partial charge in [0.15, 0.2) is 5.82 Å². The Labute approximate surface area is 80.8 Å². The molecule has 0 amide bonds. The van der Waals surface area contributed by atoms with Gasteiger partial charge in [-0.3, -0.25) is 4.68 Å². The van der Waals surface area contributed by atoms with Crippen molar-refractivity contribution in [3.8, 4) is 0 Å². The second-order valence-electron chi connectivity index (χ2n) is 3.67. The van der Waals surface area contributed by atoms with E-state index in [1.54, 1.807) is 0 Å². The molecule has 1 rings (SSSR count). The lowest BCUT2D eigenvalue weighted by Gasteiger charge is -2.13. The summed E-state index contributed by atoms with van der Waals surface area (Å²) in [6.45, 7) is 2.80. The van der Waals surface area contributed by atoms with Crippen molar-refractivity contribution in [2.75, 3.05) is 5.73 Å². The zero-order valence-corrected chi connectivity index (χ0v) is 8.04. The van der Waals surface area contributed by atoms with Crippen LogP contribution in [0.4, 0.5) is 10.2 Å². The third kappa shape index (κ3) is 2.45. The molecule has 0 spiro atoms. The van der Waals surface area contributed by atoms with E-state index in [1.807, 2.05) is 0 Å². The Hall–Kier alpha value is -1.59. The smallest absolute Gasteiger partial charge is 0.153 e. The van der Waals surface area contributed by atoms with Gasteiger partial charge in [0.05, 0.1) is 6.54 Å². The van der Waals surface area contributed by atoms with E-state index in [0.29, 0.717) is 0 Å². The largest absolute Gasteiger partial charge is 0.859 e. The predicted octanol–water partition coefficient (Wildman–Crippen LogP) is -0.101. The summed E-state index contributed by atoms with van der Waals surface area (Å²) in [6, 6.07) is 0. The van der Waals surface area contributed by atoms with E-state index in [9.17, 15) is 9.50 Å². The number of hydrogen-bond donors (Lipinski definition) is 2. The highest BCUT2D eigenvalue weighted by atomic mass is 19.1. The van der Waals surface area contributed by atoms with E-state index < -0.39 is 11.6 Å². The third-order valence-corrected chi connectivity index (χ3v) is 1.57. The van der Waals surface area contributed by atoms with Crippen molar-refractivity contribution in [2.45, 2.75) is 26.1 Å². The fourth-order valence-corrected chi connectivity index (χ4v) is 1.08. The summed E-state index contributed by atoms with van der Waals surface area (Å²) in [4.78, 5) is 0. The SMILES string of the molecule is CC(C)(F)Cn1cc(C(=N)[O-])c(N)n1. The second-order valence-corrected chi connectivity index (χ2v) is 3.67. The number of halogens is 1. The van der Waals surface area contributed by atoms with Gasteiger partial charge in [-0.1, -0.05) is 0 Å². The molecule has 1 aromatic heterocycles. The lowest BCUT2D eigenvalue weighted by molar-refractivity contribution is -0.214. The Balaban J connectivity index is 2.92. The molecule has 3 N–H and O–H groups in total. The monoisotopic (exact) mass is 199 g/mol. The summed E-state index contributed by atoms with van der Waals surface area (Å²) < 4.78 is 14.4. The molecule has 0 fully saturated rings. The lowest BCUT2D eigenvalue weighted by atomic mass is 10.2. The predicted molar refractivity (Wildman–Crippen MR) is 48.7 cm³/mol. The Morgan fingerprint density at radius 2 is 2.36 bits per heavy atom. The number of nitrogen functional groups attached to an aromatic ring is 1. The highest BCUT2D eigenvalue weighted by Gasteiger charge is 2.17. The minimum atomic E-state index is -1.43. The molecule has 78 valence electrons. The molecule has 0 aliphatic heterocycles. The molecule has 14 heavy (non-hydrogen) atoms. The number of hydrogen-bond acceptors (Lipinski definition) is 4. The van der Waals surface area contributed by atoms with Gasteiger partial charge in [-0.15, -0.1) is 0 Å². The van der Waals surface area contributed by atoms with Crippen LogP contribution in [0.1, 0.15) is 19.4 Å². The fourth-order valence-electron chi connectivity index (χ4n) is 1.08. The fraction of sp³-hybridized carbons (Fsp3) is 0.500. The van der Waals surface area contributed by atoms with Crippen LogP contribution in [-0.4, -0.2) is 21.3 Å². The molecular formula is C8H12FN4O-. The quantitative estimate of drug-likeness (QED) is 0.526. The van der Waals surface area contributed by atoms with Gasteiger partial charge in [0, 0.05) is 11.8 Å². The van der Waals surface area contributed by atoms with Crippen molar-refractivity contribution in [2.24, 2.45) is 0 Å². The van der Waals surface area contributed by atoms with Crippen molar-refractivity contribution in [3.05, 3.63) is 11.8 Å². The molecule has 0 bridgehead atoms. The molecule has 0 atom stereocenters. The standard InChI is InChI=1S/C8H13FN4O/c1-8(2,9)4-13-3-5(7(11)14)6(10)12-13/h3H,4H2,1-2H3,(H2,10,12)(H2,11,14)/p-1. The van der Waals surface area contributed by atoms with Gasteiger partial charge in [-0.05, 0) is 19.7 Å². The number of nitrogens with zero attached hydrogens (tertiary/aromatic N) is 2. The molecular weight excluding hydrogens is 187 g/mol. The van der Waals surface area contributed by atoms with Gasteiger partial charge in [0.25, 0.3) is 0 Å². The number of aromatic nitrogens is 2. The number of alkyl halides is 1. The third-order valence-electron chi connectivity index (χ3n) is 1.57. The number of nitrogens with two attached hydrogens (primary N) is 1. The Bertz CT molecular complexity index is 353. The highest BCUT2D eigenvalue weighted by Crippen LogP contribution is 2.14. The van der Waals surface area contributed by atoms with Gasteiger partial charge < -0.3 is 16.2 Å². The molecule has 0 aliphatic rings. The van der Waals surface area contributed by atoms with E-state index >= 15 is 0 Å². The van der Waals surface area contributed by atoms with Crippen LogP contribution in [0.25, 0.3) is 0 Å². The summed E-state index contributed by atoms with van der Waals surface area (Å²) in [5.41, 5.74) is 3.94. The maximum Gasteiger partial charge on any atom is 0.153 e. The summed E-state index contributed by atoms with van der Waals surface area (Å²) in [7, 11) is 0. The normalized spacial score (nSPS) is 11.6. The van der Waals surface area contributed by atoms with Crippen LogP contribution in [0, 0.1) is 5.41 Å². The summed E-state index contributed by atoms with van der Waals surface area (Å²) in [5.74, 6) is -0.945. The summed E-state index contributed by atoms with van der Waals surface area (Å²) >= 11 is 0. The van der Waals surface area contributed by atoms with Crippen molar-refractivity contribution in [1.82, 2.24) is 9.78 Å². The van der Waals surface area contributed by atoms with E-state index in [0.717, 1.165) is 0 Å².